The van der Waals surface area contributed by atoms with Crippen molar-refractivity contribution in [3.8, 4) is 5.75 Å². The molecule has 10 atom stereocenters. The Kier molecular flexibility index (Phi) is 8.72. The van der Waals surface area contributed by atoms with Crippen molar-refractivity contribution in [3.63, 3.8) is 0 Å². The van der Waals surface area contributed by atoms with Gasteiger partial charge in [-0.25, -0.2) is 4.39 Å². The highest BCUT2D eigenvalue weighted by molar-refractivity contribution is 6.20. The second kappa shape index (κ2) is 12.7. The van der Waals surface area contributed by atoms with Gasteiger partial charge in [0.2, 0.25) is 0 Å². The molecule has 240 valence electrons. The van der Waals surface area contributed by atoms with Gasteiger partial charge in [-0.3, -0.25) is 9.59 Å². The van der Waals surface area contributed by atoms with Crippen LogP contribution in [0.4, 0.5) is 4.39 Å². The van der Waals surface area contributed by atoms with Crippen LogP contribution >= 0.6 is 0 Å². The highest BCUT2D eigenvalue weighted by atomic mass is 19.1. The molecule has 9 heteroatoms. The number of aromatic hydroxyl groups is 1. The van der Waals surface area contributed by atoms with E-state index in [-0.39, 0.29) is 47.6 Å². The molecule has 8 nitrogen and oxygen atoms in total. The predicted molar refractivity (Wildman–Crippen MR) is 166 cm³/mol. The topological polar surface area (TPSA) is 94.1 Å². The van der Waals surface area contributed by atoms with Gasteiger partial charge in [-0.1, -0.05) is 37.8 Å². The molecule has 3 saturated carbocycles. The third-order valence-electron chi connectivity index (χ3n) is 11.9. The minimum Gasteiger partial charge on any atom is -0.508 e. The minimum atomic E-state index is -1.25. The number of ether oxygens (including phenoxy) is 1. The second-order valence-electron chi connectivity index (χ2n) is 14.4. The number of hydrogen-bond donors (Lipinski definition) is 3. The molecule has 3 N–H and O–H groups in total. The molecule has 0 bridgehead atoms. The van der Waals surface area contributed by atoms with E-state index in [1.54, 1.807) is 12.1 Å². The molecule has 1 aromatic carbocycles. The molecule has 3 aliphatic carbocycles. The second-order valence-corrected chi connectivity index (χ2v) is 14.4. The summed E-state index contributed by atoms with van der Waals surface area (Å²) in [4.78, 5) is 32.1. The standard InChI is InChI=1S/C35H49FN4O4/c1-39-16-4-7-24(39)13-15-38-35(43)27-20-40-29-17-22-5-2-3-6-23(22)18-30(29)44-34-31(28(36)19-26(32(34)40)33(27)42)37-14-12-21-8-10-25(41)11-9-21/h8-11,20,22-24,26,28-32,34,37,41H,2-7,12-19H2,1H3,(H,38,43). The van der Waals surface area contributed by atoms with Gasteiger partial charge in [-0.05, 0) is 94.6 Å². The van der Waals surface area contributed by atoms with E-state index in [1.165, 1.54) is 32.1 Å². The Bertz CT molecular complexity index is 1240. The van der Waals surface area contributed by atoms with Gasteiger partial charge in [0, 0.05) is 24.7 Å². The fourth-order valence-electron chi connectivity index (χ4n) is 9.53. The van der Waals surface area contributed by atoms with Crippen LogP contribution in [0.2, 0.25) is 0 Å². The smallest absolute Gasteiger partial charge is 0.256 e. The first-order chi connectivity index (χ1) is 21.4. The average molecular weight is 609 g/mol. The van der Waals surface area contributed by atoms with E-state index in [9.17, 15) is 14.7 Å². The van der Waals surface area contributed by atoms with Crippen LogP contribution in [0.15, 0.2) is 36.0 Å². The normalized spacial score (nSPS) is 38.4. The minimum absolute atomic E-state index is 0.0328. The van der Waals surface area contributed by atoms with Crippen molar-refractivity contribution < 1.29 is 23.8 Å². The number of rotatable bonds is 8. The van der Waals surface area contributed by atoms with Gasteiger partial charge in [-0.15, -0.1) is 0 Å². The monoisotopic (exact) mass is 608 g/mol. The fourth-order valence-corrected chi connectivity index (χ4v) is 9.53. The van der Waals surface area contributed by atoms with Crippen LogP contribution in [0.25, 0.3) is 0 Å². The molecular formula is C35H49FN4O4. The lowest BCUT2D eigenvalue weighted by atomic mass is 9.65. The molecular weight excluding hydrogens is 559 g/mol. The number of carbonyl (C=O) groups excluding carboxylic acids is 2. The van der Waals surface area contributed by atoms with Crippen LogP contribution in [-0.2, 0) is 20.7 Å². The number of amides is 1. The van der Waals surface area contributed by atoms with E-state index in [4.69, 9.17) is 4.74 Å². The summed E-state index contributed by atoms with van der Waals surface area (Å²) in [6, 6.07) is 6.88. The van der Waals surface area contributed by atoms with Gasteiger partial charge in [-0.2, -0.15) is 0 Å². The summed E-state index contributed by atoms with van der Waals surface area (Å²) in [5.74, 6) is 0.366. The van der Waals surface area contributed by atoms with Crippen LogP contribution in [0.1, 0.15) is 69.8 Å². The third kappa shape index (κ3) is 5.80. The maximum atomic E-state index is 16.1. The molecule has 0 spiro atoms. The maximum absolute atomic E-state index is 16.1. The largest absolute Gasteiger partial charge is 0.508 e. The van der Waals surface area contributed by atoms with Crippen molar-refractivity contribution in [3.05, 3.63) is 41.6 Å². The van der Waals surface area contributed by atoms with Gasteiger partial charge in [0.05, 0.1) is 35.9 Å². The van der Waals surface area contributed by atoms with Crippen LogP contribution < -0.4 is 10.6 Å². The molecule has 1 aromatic rings. The van der Waals surface area contributed by atoms with Crippen molar-refractivity contribution in [1.82, 2.24) is 20.4 Å². The van der Waals surface area contributed by atoms with E-state index in [2.05, 4.69) is 27.5 Å². The lowest BCUT2D eigenvalue weighted by Gasteiger charge is -2.61. The zero-order valence-corrected chi connectivity index (χ0v) is 26.0. The van der Waals surface area contributed by atoms with E-state index >= 15 is 4.39 Å². The number of ketones is 1. The number of alkyl halides is 1. The molecule has 2 saturated heterocycles. The number of fused-ring (bicyclic) bond motifs is 3. The van der Waals surface area contributed by atoms with Crippen molar-refractivity contribution in [2.24, 2.45) is 17.8 Å². The Hall–Kier alpha value is -2.49. The Labute approximate surface area is 260 Å². The third-order valence-corrected chi connectivity index (χ3v) is 11.9. The number of hydrogen-bond acceptors (Lipinski definition) is 7. The van der Waals surface area contributed by atoms with Gasteiger partial charge in [0.15, 0.2) is 5.78 Å². The quantitative estimate of drug-likeness (QED) is 0.388. The van der Waals surface area contributed by atoms with Gasteiger partial charge in [0.1, 0.15) is 11.9 Å². The summed E-state index contributed by atoms with van der Waals surface area (Å²) in [6.07, 6.45) is 11.1. The number of nitrogens with zero attached hydrogens (tertiary/aromatic N) is 2. The molecule has 3 heterocycles. The summed E-state index contributed by atoms with van der Waals surface area (Å²) in [5.41, 5.74) is 1.26. The average Bonchev–Trinajstić information content (AvgIpc) is 3.43. The van der Waals surface area contributed by atoms with Crippen molar-refractivity contribution in [2.45, 2.75) is 113 Å². The first kappa shape index (κ1) is 30.2. The number of phenols is 1. The number of benzene rings is 1. The number of phenolic OH excluding ortho intramolecular Hbond substituents is 1. The molecule has 6 aliphatic rings. The molecule has 5 fully saturated rings. The summed E-state index contributed by atoms with van der Waals surface area (Å²) >= 11 is 0. The molecule has 10 unspecified atom stereocenters. The van der Waals surface area contributed by atoms with Crippen molar-refractivity contribution >= 4 is 11.7 Å². The Balaban J connectivity index is 1.12. The predicted octanol–water partition coefficient (Wildman–Crippen LogP) is 3.72. The first-order valence-electron chi connectivity index (χ1n) is 17.2. The van der Waals surface area contributed by atoms with Crippen LogP contribution in [-0.4, -0.2) is 95.8 Å². The number of carbonyl (C=O) groups is 2. The molecule has 0 aromatic heterocycles. The number of halogens is 1. The zero-order chi connectivity index (χ0) is 30.4. The Morgan fingerprint density at radius 3 is 2.57 bits per heavy atom. The summed E-state index contributed by atoms with van der Waals surface area (Å²) in [7, 11) is 2.13. The Morgan fingerprint density at radius 1 is 1.05 bits per heavy atom. The highest BCUT2D eigenvalue weighted by Crippen LogP contribution is 2.50. The lowest BCUT2D eigenvalue weighted by molar-refractivity contribution is -0.208. The van der Waals surface area contributed by atoms with E-state index in [0.29, 0.717) is 37.4 Å². The number of nitrogens with one attached hydrogen (secondary N) is 2. The number of Topliss-reactive ketones (excluding diaryl/α,β-unsaturated/α-hetero) is 1. The van der Waals surface area contributed by atoms with E-state index in [1.807, 2.05) is 18.3 Å². The van der Waals surface area contributed by atoms with E-state index in [0.717, 1.165) is 37.8 Å². The summed E-state index contributed by atoms with van der Waals surface area (Å²) < 4.78 is 23.0. The highest BCUT2D eigenvalue weighted by Gasteiger charge is 2.59. The molecule has 7 rings (SSSR count). The zero-order valence-electron chi connectivity index (χ0n) is 26.0. The van der Waals surface area contributed by atoms with E-state index < -0.39 is 24.2 Å². The van der Waals surface area contributed by atoms with Gasteiger partial charge in [0.25, 0.3) is 5.91 Å². The molecule has 1 amide bonds. The maximum Gasteiger partial charge on any atom is 0.256 e. The number of likely N-dealkylation sites (tertiary alicyclic amines) is 1. The molecule has 3 aliphatic heterocycles. The SMILES string of the molecule is CN1CCCC1CCNC(=O)C1=CN2C3CC4CCCCC4CC3OC3C(NCCc4ccc(O)cc4)C(F)CC(C1=O)C32. The van der Waals surface area contributed by atoms with Crippen LogP contribution in [0.5, 0.6) is 5.75 Å². The van der Waals surface area contributed by atoms with Crippen molar-refractivity contribution in [2.75, 3.05) is 26.7 Å². The van der Waals surface area contributed by atoms with Gasteiger partial charge >= 0.3 is 0 Å². The lowest BCUT2D eigenvalue weighted by Crippen LogP contribution is -2.73. The number of morpholine rings is 1. The van der Waals surface area contributed by atoms with Crippen LogP contribution in [0, 0.1) is 17.8 Å². The first-order valence-corrected chi connectivity index (χ1v) is 17.2. The summed E-state index contributed by atoms with van der Waals surface area (Å²) in [6.45, 7) is 2.19. The summed E-state index contributed by atoms with van der Waals surface area (Å²) in [5, 5.41) is 16.1. The van der Waals surface area contributed by atoms with Gasteiger partial charge < -0.3 is 30.3 Å². The van der Waals surface area contributed by atoms with Crippen molar-refractivity contribution in [1.29, 1.82) is 0 Å². The van der Waals surface area contributed by atoms with Crippen LogP contribution in [0.3, 0.4) is 0 Å². The fraction of sp³-hybridized carbons (Fsp3) is 0.714. The Morgan fingerprint density at radius 2 is 1.82 bits per heavy atom. The molecule has 44 heavy (non-hydrogen) atoms. The molecule has 0 radical (unpaired) electrons.